The molecule has 0 aliphatic rings. The van der Waals surface area contributed by atoms with Crippen LogP contribution in [-0.2, 0) is 0 Å². The van der Waals surface area contributed by atoms with Crippen molar-refractivity contribution < 1.29 is 0 Å². The fourth-order valence-electron chi connectivity index (χ4n) is 2.31. The SMILES string of the molecule is CC(C)c1ccc(C(C)C)c(C(C)CCN)c1. The molecular weight excluding hydrogens is 206 g/mol. The van der Waals surface area contributed by atoms with E-state index < -0.39 is 0 Å². The molecule has 96 valence electrons. The summed E-state index contributed by atoms with van der Waals surface area (Å²) >= 11 is 0. The highest BCUT2D eigenvalue weighted by atomic mass is 14.5. The van der Waals surface area contributed by atoms with Gasteiger partial charge in [0.15, 0.2) is 0 Å². The summed E-state index contributed by atoms with van der Waals surface area (Å²) in [5, 5.41) is 0. The van der Waals surface area contributed by atoms with Crippen molar-refractivity contribution in [3.8, 4) is 0 Å². The molecule has 0 aromatic heterocycles. The van der Waals surface area contributed by atoms with E-state index in [1.165, 1.54) is 16.7 Å². The molecular formula is C16H27N. The molecule has 0 aliphatic heterocycles. The zero-order valence-corrected chi connectivity index (χ0v) is 12.0. The van der Waals surface area contributed by atoms with Crippen molar-refractivity contribution in [2.45, 2.75) is 58.8 Å². The minimum atomic E-state index is 0.566. The monoisotopic (exact) mass is 233 g/mol. The Kier molecular flexibility index (Phi) is 5.20. The molecule has 0 heterocycles. The van der Waals surface area contributed by atoms with E-state index in [4.69, 9.17) is 5.73 Å². The van der Waals surface area contributed by atoms with E-state index in [0.29, 0.717) is 17.8 Å². The molecule has 1 nitrogen and oxygen atoms in total. The molecule has 0 spiro atoms. The van der Waals surface area contributed by atoms with Gasteiger partial charge in [-0.3, -0.25) is 0 Å². The molecule has 17 heavy (non-hydrogen) atoms. The van der Waals surface area contributed by atoms with E-state index in [0.717, 1.165) is 13.0 Å². The molecule has 1 atom stereocenters. The largest absolute Gasteiger partial charge is 0.330 e. The molecule has 1 aromatic rings. The van der Waals surface area contributed by atoms with E-state index in [-0.39, 0.29) is 0 Å². The molecule has 0 aliphatic carbocycles. The van der Waals surface area contributed by atoms with Crippen LogP contribution in [0.2, 0.25) is 0 Å². The van der Waals surface area contributed by atoms with Crippen LogP contribution in [0, 0.1) is 0 Å². The minimum absolute atomic E-state index is 0.566. The van der Waals surface area contributed by atoms with Crippen LogP contribution in [0.3, 0.4) is 0 Å². The molecule has 0 saturated heterocycles. The summed E-state index contributed by atoms with van der Waals surface area (Å²) in [7, 11) is 0. The van der Waals surface area contributed by atoms with Crippen LogP contribution in [0.5, 0.6) is 0 Å². The average molecular weight is 233 g/mol. The Hall–Kier alpha value is -0.820. The number of hydrogen-bond acceptors (Lipinski definition) is 1. The molecule has 0 fully saturated rings. The van der Waals surface area contributed by atoms with Crippen LogP contribution in [0.4, 0.5) is 0 Å². The Morgan fingerprint density at radius 3 is 2.06 bits per heavy atom. The van der Waals surface area contributed by atoms with Crippen LogP contribution in [0.25, 0.3) is 0 Å². The van der Waals surface area contributed by atoms with Gasteiger partial charge in [0.2, 0.25) is 0 Å². The van der Waals surface area contributed by atoms with Crippen molar-refractivity contribution in [3.63, 3.8) is 0 Å². The maximum atomic E-state index is 5.69. The average Bonchev–Trinajstić information content (AvgIpc) is 2.28. The summed E-state index contributed by atoms with van der Waals surface area (Å²) in [4.78, 5) is 0. The van der Waals surface area contributed by atoms with Crippen molar-refractivity contribution in [1.29, 1.82) is 0 Å². The topological polar surface area (TPSA) is 26.0 Å². The summed E-state index contributed by atoms with van der Waals surface area (Å²) in [6.07, 6.45) is 1.07. The molecule has 1 aromatic carbocycles. The standard InChI is InChI=1S/C16H27N/c1-11(2)14-6-7-15(12(3)4)16(10-14)13(5)8-9-17/h6-7,10-13H,8-9,17H2,1-5H3. The van der Waals surface area contributed by atoms with Gasteiger partial charge in [-0.2, -0.15) is 0 Å². The first-order chi connectivity index (χ1) is 7.97. The zero-order valence-electron chi connectivity index (χ0n) is 12.0. The molecule has 0 saturated carbocycles. The molecule has 1 unspecified atom stereocenters. The van der Waals surface area contributed by atoms with Crippen molar-refractivity contribution >= 4 is 0 Å². The van der Waals surface area contributed by atoms with E-state index >= 15 is 0 Å². The van der Waals surface area contributed by atoms with Gasteiger partial charge < -0.3 is 5.73 Å². The molecule has 0 radical (unpaired) electrons. The lowest BCUT2D eigenvalue weighted by Crippen LogP contribution is -2.08. The molecule has 2 N–H and O–H groups in total. The van der Waals surface area contributed by atoms with E-state index in [2.05, 4.69) is 52.8 Å². The fourth-order valence-corrected chi connectivity index (χ4v) is 2.31. The van der Waals surface area contributed by atoms with Crippen molar-refractivity contribution in [2.24, 2.45) is 5.73 Å². The number of rotatable bonds is 5. The fraction of sp³-hybridized carbons (Fsp3) is 0.625. The highest BCUT2D eigenvalue weighted by molar-refractivity contribution is 5.37. The Labute approximate surface area is 106 Å². The lowest BCUT2D eigenvalue weighted by molar-refractivity contribution is 0.670. The summed E-state index contributed by atoms with van der Waals surface area (Å²) in [5.41, 5.74) is 10.1. The van der Waals surface area contributed by atoms with Gasteiger partial charge in [0.25, 0.3) is 0 Å². The van der Waals surface area contributed by atoms with Gasteiger partial charge in [-0.15, -0.1) is 0 Å². The maximum Gasteiger partial charge on any atom is -0.00715 e. The highest BCUT2D eigenvalue weighted by Crippen LogP contribution is 2.30. The number of benzene rings is 1. The first-order valence-corrected chi connectivity index (χ1v) is 6.81. The Morgan fingerprint density at radius 2 is 1.59 bits per heavy atom. The van der Waals surface area contributed by atoms with Crippen LogP contribution in [0.1, 0.15) is 75.5 Å². The predicted octanol–water partition coefficient (Wildman–Crippen LogP) is 4.39. The van der Waals surface area contributed by atoms with Gasteiger partial charge in [-0.25, -0.2) is 0 Å². The van der Waals surface area contributed by atoms with E-state index in [1.54, 1.807) is 0 Å². The van der Waals surface area contributed by atoms with Gasteiger partial charge in [0.1, 0.15) is 0 Å². The Morgan fingerprint density at radius 1 is 0.941 bits per heavy atom. The molecule has 1 rings (SSSR count). The van der Waals surface area contributed by atoms with Crippen LogP contribution in [0.15, 0.2) is 18.2 Å². The zero-order chi connectivity index (χ0) is 13.0. The second-order valence-electron chi connectivity index (χ2n) is 5.68. The normalized spacial score (nSPS) is 13.4. The summed E-state index contributed by atoms with van der Waals surface area (Å²) < 4.78 is 0. The van der Waals surface area contributed by atoms with E-state index in [9.17, 15) is 0 Å². The van der Waals surface area contributed by atoms with Gasteiger partial charge in [-0.1, -0.05) is 52.8 Å². The second-order valence-corrected chi connectivity index (χ2v) is 5.68. The maximum absolute atomic E-state index is 5.69. The first-order valence-electron chi connectivity index (χ1n) is 6.81. The van der Waals surface area contributed by atoms with E-state index in [1.807, 2.05) is 0 Å². The second kappa shape index (κ2) is 6.20. The smallest absolute Gasteiger partial charge is 0.00715 e. The highest BCUT2D eigenvalue weighted by Gasteiger charge is 2.14. The number of nitrogens with two attached hydrogens (primary N) is 1. The Bertz CT molecular complexity index is 353. The molecule has 0 bridgehead atoms. The Balaban J connectivity index is 3.15. The first kappa shape index (κ1) is 14.2. The lowest BCUT2D eigenvalue weighted by Gasteiger charge is -2.20. The van der Waals surface area contributed by atoms with Crippen LogP contribution in [-0.4, -0.2) is 6.54 Å². The van der Waals surface area contributed by atoms with Crippen molar-refractivity contribution in [3.05, 3.63) is 34.9 Å². The van der Waals surface area contributed by atoms with Crippen LogP contribution < -0.4 is 5.73 Å². The third-order valence-corrected chi connectivity index (χ3v) is 3.53. The summed E-state index contributed by atoms with van der Waals surface area (Å²) in [6, 6.07) is 6.97. The van der Waals surface area contributed by atoms with Gasteiger partial charge >= 0.3 is 0 Å². The van der Waals surface area contributed by atoms with Crippen LogP contribution >= 0.6 is 0 Å². The summed E-state index contributed by atoms with van der Waals surface area (Å²) in [5.74, 6) is 1.75. The van der Waals surface area contributed by atoms with Gasteiger partial charge in [0.05, 0.1) is 0 Å². The third-order valence-electron chi connectivity index (χ3n) is 3.53. The molecule has 1 heteroatoms. The predicted molar refractivity (Wildman–Crippen MR) is 76.7 cm³/mol. The lowest BCUT2D eigenvalue weighted by atomic mass is 9.85. The summed E-state index contributed by atoms with van der Waals surface area (Å²) in [6.45, 7) is 12.1. The number of hydrogen-bond donors (Lipinski definition) is 1. The van der Waals surface area contributed by atoms with Crippen molar-refractivity contribution in [1.82, 2.24) is 0 Å². The quantitative estimate of drug-likeness (QED) is 0.802. The van der Waals surface area contributed by atoms with Crippen molar-refractivity contribution in [2.75, 3.05) is 6.54 Å². The van der Waals surface area contributed by atoms with Gasteiger partial charge in [-0.05, 0) is 47.4 Å². The minimum Gasteiger partial charge on any atom is -0.330 e. The third kappa shape index (κ3) is 3.57. The van der Waals surface area contributed by atoms with Gasteiger partial charge in [0, 0.05) is 0 Å². The molecule has 0 amide bonds.